The maximum Gasteiger partial charge on any atom is 0.325 e. The number of hydrogen-bond donors (Lipinski definition) is 2. The number of benzene rings is 2. The van der Waals surface area contributed by atoms with Crippen molar-refractivity contribution in [3.8, 4) is 11.5 Å². The summed E-state index contributed by atoms with van der Waals surface area (Å²) in [5.74, 6) is 0.394. The van der Waals surface area contributed by atoms with E-state index in [2.05, 4.69) is 10.6 Å². The molecule has 144 valence electrons. The van der Waals surface area contributed by atoms with Crippen molar-refractivity contribution in [3.05, 3.63) is 54.1 Å². The Morgan fingerprint density at radius 2 is 1.82 bits per heavy atom. The number of nitrogens with zero attached hydrogens (tertiary/aromatic N) is 1. The Hall–Kier alpha value is -3.55. The summed E-state index contributed by atoms with van der Waals surface area (Å²) >= 11 is 0. The Labute approximate surface area is 161 Å². The summed E-state index contributed by atoms with van der Waals surface area (Å²) in [5.41, 5.74) is 1.37. The number of rotatable bonds is 5. The second kappa shape index (κ2) is 7.59. The molecule has 0 spiro atoms. The zero-order valence-electron chi connectivity index (χ0n) is 15.0. The van der Waals surface area contributed by atoms with Gasteiger partial charge in [-0.3, -0.25) is 14.5 Å². The van der Waals surface area contributed by atoms with Crippen LogP contribution >= 0.6 is 0 Å². The molecule has 4 rings (SSSR count). The highest BCUT2D eigenvalue weighted by Gasteiger charge is 2.39. The summed E-state index contributed by atoms with van der Waals surface area (Å²) in [6, 6.07) is 12.9. The van der Waals surface area contributed by atoms with E-state index in [1.54, 1.807) is 18.2 Å². The molecule has 28 heavy (non-hydrogen) atoms. The molecule has 2 heterocycles. The van der Waals surface area contributed by atoms with Gasteiger partial charge in [-0.25, -0.2) is 4.79 Å². The van der Waals surface area contributed by atoms with Gasteiger partial charge in [0.25, 0.3) is 5.91 Å². The van der Waals surface area contributed by atoms with Gasteiger partial charge in [-0.05, 0) is 17.7 Å². The van der Waals surface area contributed by atoms with Crippen LogP contribution in [0.15, 0.2) is 48.5 Å². The Balaban J connectivity index is 1.37. The first-order valence-corrected chi connectivity index (χ1v) is 8.95. The number of carbonyl (C=O) groups excluding carboxylic acids is 3. The van der Waals surface area contributed by atoms with E-state index in [0.717, 1.165) is 10.5 Å². The molecular formula is C20H19N3O5. The largest absolute Gasteiger partial charge is 0.486 e. The van der Waals surface area contributed by atoms with E-state index in [1.165, 1.54) is 0 Å². The number of imide groups is 1. The van der Waals surface area contributed by atoms with Crippen molar-refractivity contribution in [3.63, 3.8) is 0 Å². The number of fused-ring (bicyclic) bond motifs is 1. The van der Waals surface area contributed by atoms with Gasteiger partial charge in [-0.2, -0.15) is 0 Å². The monoisotopic (exact) mass is 381 g/mol. The third-order valence-corrected chi connectivity index (χ3v) is 4.51. The Kier molecular flexibility index (Phi) is 4.84. The molecule has 0 radical (unpaired) electrons. The average molecular weight is 381 g/mol. The quantitative estimate of drug-likeness (QED) is 0.771. The molecule has 2 N–H and O–H groups in total. The fourth-order valence-electron chi connectivity index (χ4n) is 3.15. The van der Waals surface area contributed by atoms with E-state index in [1.807, 2.05) is 30.3 Å². The highest BCUT2D eigenvalue weighted by molar-refractivity contribution is 6.06. The van der Waals surface area contributed by atoms with Crippen molar-refractivity contribution < 1.29 is 23.9 Å². The van der Waals surface area contributed by atoms with Crippen molar-refractivity contribution in [2.24, 2.45) is 0 Å². The number of carbonyl (C=O) groups is 3. The normalized spacial score (nSPS) is 18.0. The van der Waals surface area contributed by atoms with Gasteiger partial charge in [-0.15, -0.1) is 0 Å². The molecule has 2 aromatic carbocycles. The minimum atomic E-state index is -0.881. The molecule has 2 aliphatic rings. The van der Waals surface area contributed by atoms with Crippen LogP contribution in [-0.4, -0.2) is 42.0 Å². The first-order valence-electron chi connectivity index (χ1n) is 8.95. The summed E-state index contributed by atoms with van der Waals surface area (Å²) in [5, 5.41) is 5.29. The minimum Gasteiger partial charge on any atom is -0.486 e. The molecule has 1 atom stereocenters. The number of amides is 4. The number of urea groups is 1. The predicted octanol–water partition coefficient (Wildman–Crippen LogP) is 1.91. The summed E-state index contributed by atoms with van der Waals surface area (Å²) in [7, 11) is 0. The molecular weight excluding hydrogens is 362 g/mol. The Bertz CT molecular complexity index is 915. The van der Waals surface area contributed by atoms with Crippen LogP contribution in [0, 0.1) is 0 Å². The molecule has 0 aromatic heterocycles. The molecule has 1 saturated heterocycles. The van der Waals surface area contributed by atoms with E-state index < -0.39 is 18.0 Å². The second-order valence-corrected chi connectivity index (χ2v) is 6.52. The molecule has 2 aromatic rings. The van der Waals surface area contributed by atoms with Gasteiger partial charge in [0, 0.05) is 11.8 Å². The maximum atomic E-state index is 12.5. The highest BCUT2D eigenvalue weighted by Crippen LogP contribution is 2.32. The van der Waals surface area contributed by atoms with E-state index in [0.29, 0.717) is 30.4 Å². The molecule has 0 unspecified atom stereocenters. The van der Waals surface area contributed by atoms with Gasteiger partial charge in [0.2, 0.25) is 5.91 Å². The van der Waals surface area contributed by atoms with Crippen molar-refractivity contribution in [1.82, 2.24) is 10.2 Å². The number of hydrogen-bond acceptors (Lipinski definition) is 5. The van der Waals surface area contributed by atoms with Gasteiger partial charge >= 0.3 is 6.03 Å². The van der Waals surface area contributed by atoms with Crippen molar-refractivity contribution in [1.29, 1.82) is 0 Å². The zero-order valence-corrected chi connectivity index (χ0v) is 15.0. The summed E-state index contributed by atoms with van der Waals surface area (Å²) in [6.45, 7) is 1.11. The average Bonchev–Trinajstić information content (AvgIpc) is 2.96. The van der Waals surface area contributed by atoms with Crippen LogP contribution in [0.4, 0.5) is 10.5 Å². The third kappa shape index (κ3) is 3.75. The maximum absolute atomic E-state index is 12.5. The van der Waals surface area contributed by atoms with E-state index in [4.69, 9.17) is 9.47 Å². The van der Waals surface area contributed by atoms with E-state index in [9.17, 15) is 14.4 Å². The predicted molar refractivity (Wildman–Crippen MR) is 100.0 cm³/mol. The standard InChI is InChI=1S/C20H19N3O5/c24-18(21-14-6-7-16-17(10-14)28-9-8-27-16)11-15-19(25)23(20(26)22-15)12-13-4-2-1-3-5-13/h1-7,10,15H,8-9,11-12H2,(H,21,24)(H,22,26)/t15-/m1/s1. The molecule has 0 bridgehead atoms. The topological polar surface area (TPSA) is 97.0 Å². The SMILES string of the molecule is O=C(C[C@H]1NC(=O)N(Cc2ccccc2)C1=O)Nc1ccc2c(c1)OCCO2. The Morgan fingerprint density at radius 3 is 2.61 bits per heavy atom. The molecule has 0 saturated carbocycles. The second-order valence-electron chi connectivity index (χ2n) is 6.52. The smallest absolute Gasteiger partial charge is 0.325 e. The van der Waals surface area contributed by atoms with Crippen molar-refractivity contribution >= 4 is 23.5 Å². The first-order chi connectivity index (χ1) is 13.6. The van der Waals surface area contributed by atoms with Crippen LogP contribution in [0.3, 0.4) is 0 Å². The minimum absolute atomic E-state index is 0.149. The van der Waals surface area contributed by atoms with Crippen LogP contribution < -0.4 is 20.1 Å². The van der Waals surface area contributed by atoms with Crippen LogP contribution in [0.1, 0.15) is 12.0 Å². The lowest BCUT2D eigenvalue weighted by molar-refractivity contribution is -0.130. The summed E-state index contributed by atoms with van der Waals surface area (Å²) in [6.07, 6.45) is -0.149. The molecule has 2 aliphatic heterocycles. The fourth-order valence-corrected chi connectivity index (χ4v) is 3.15. The lowest BCUT2D eigenvalue weighted by Crippen LogP contribution is -2.34. The van der Waals surface area contributed by atoms with E-state index in [-0.39, 0.29) is 18.9 Å². The van der Waals surface area contributed by atoms with Crippen LogP contribution in [0.5, 0.6) is 11.5 Å². The van der Waals surface area contributed by atoms with E-state index >= 15 is 0 Å². The number of nitrogens with one attached hydrogen (secondary N) is 2. The van der Waals surface area contributed by atoms with Gasteiger partial charge in [0.1, 0.15) is 19.3 Å². The zero-order chi connectivity index (χ0) is 19.5. The number of anilines is 1. The lowest BCUT2D eigenvalue weighted by atomic mass is 10.1. The fraction of sp³-hybridized carbons (Fsp3) is 0.250. The number of ether oxygens (including phenoxy) is 2. The van der Waals surface area contributed by atoms with Gasteiger partial charge in [-0.1, -0.05) is 30.3 Å². The third-order valence-electron chi connectivity index (χ3n) is 4.51. The van der Waals surface area contributed by atoms with Crippen molar-refractivity contribution in [2.75, 3.05) is 18.5 Å². The van der Waals surface area contributed by atoms with Crippen LogP contribution in [-0.2, 0) is 16.1 Å². The summed E-state index contributed by atoms with van der Waals surface area (Å²) in [4.78, 5) is 38.1. The van der Waals surface area contributed by atoms with Gasteiger partial charge < -0.3 is 20.1 Å². The van der Waals surface area contributed by atoms with Gasteiger partial charge in [0.15, 0.2) is 11.5 Å². The van der Waals surface area contributed by atoms with Crippen LogP contribution in [0.2, 0.25) is 0 Å². The van der Waals surface area contributed by atoms with Crippen LogP contribution in [0.25, 0.3) is 0 Å². The molecule has 4 amide bonds. The molecule has 1 fully saturated rings. The molecule has 0 aliphatic carbocycles. The van der Waals surface area contributed by atoms with Crippen molar-refractivity contribution in [2.45, 2.75) is 19.0 Å². The Morgan fingerprint density at radius 1 is 1.07 bits per heavy atom. The molecule has 8 heteroatoms. The highest BCUT2D eigenvalue weighted by atomic mass is 16.6. The summed E-state index contributed by atoms with van der Waals surface area (Å²) < 4.78 is 10.9. The lowest BCUT2D eigenvalue weighted by Gasteiger charge is -2.19. The molecule has 8 nitrogen and oxygen atoms in total. The van der Waals surface area contributed by atoms with Gasteiger partial charge in [0.05, 0.1) is 13.0 Å². The first kappa shape index (κ1) is 17.8.